The van der Waals surface area contributed by atoms with Crippen LogP contribution in [-0.4, -0.2) is 35.7 Å². The minimum atomic E-state index is -0.490. The van der Waals surface area contributed by atoms with Crippen LogP contribution in [0.25, 0.3) is 0 Å². The first-order chi connectivity index (χ1) is 10.7. The molecule has 1 aromatic carbocycles. The van der Waals surface area contributed by atoms with Gasteiger partial charge in [-0.15, -0.1) is 0 Å². The van der Waals surface area contributed by atoms with Crippen molar-refractivity contribution in [1.82, 2.24) is 10.2 Å². The van der Waals surface area contributed by atoms with Crippen LogP contribution >= 0.6 is 11.6 Å². The Balaban J connectivity index is 1.87. The molecular weight excluding hydrogens is 319 g/mol. The molecule has 0 aliphatic carbocycles. The molecule has 1 atom stereocenters. The van der Waals surface area contributed by atoms with E-state index in [-0.39, 0.29) is 18.0 Å². The predicted molar refractivity (Wildman–Crippen MR) is 89.1 cm³/mol. The normalized spacial score (nSPS) is 18.8. The molecule has 1 fully saturated rings. The van der Waals surface area contributed by atoms with E-state index in [1.807, 2.05) is 20.8 Å². The fraction of sp³-hybridized carbons (Fsp3) is 0.588. The predicted octanol–water partition coefficient (Wildman–Crippen LogP) is 3.97. The van der Waals surface area contributed by atoms with Gasteiger partial charge in [-0.1, -0.05) is 11.6 Å². The SMILES string of the molecule is CC(C)(C)OC(=O)N1CCCC(NCc2cc(F)cc(Cl)c2)C1. The van der Waals surface area contributed by atoms with Crippen molar-refractivity contribution in [1.29, 1.82) is 0 Å². The number of benzene rings is 1. The summed E-state index contributed by atoms with van der Waals surface area (Å²) in [5.74, 6) is -0.340. The molecule has 0 bridgehead atoms. The summed E-state index contributed by atoms with van der Waals surface area (Å²) in [5, 5.41) is 3.75. The van der Waals surface area contributed by atoms with Gasteiger partial charge in [0.15, 0.2) is 0 Å². The summed E-state index contributed by atoms with van der Waals surface area (Å²) in [4.78, 5) is 13.9. The summed E-state index contributed by atoms with van der Waals surface area (Å²) < 4.78 is 18.7. The number of carbonyl (C=O) groups is 1. The van der Waals surface area contributed by atoms with Gasteiger partial charge in [-0.2, -0.15) is 0 Å². The molecule has 1 saturated heterocycles. The highest BCUT2D eigenvalue weighted by Crippen LogP contribution is 2.17. The number of carbonyl (C=O) groups excluding carboxylic acids is 1. The lowest BCUT2D eigenvalue weighted by molar-refractivity contribution is 0.0187. The lowest BCUT2D eigenvalue weighted by Gasteiger charge is -2.34. The van der Waals surface area contributed by atoms with Crippen LogP contribution < -0.4 is 5.32 Å². The van der Waals surface area contributed by atoms with Crippen LogP contribution in [0.5, 0.6) is 0 Å². The number of nitrogens with zero attached hydrogens (tertiary/aromatic N) is 1. The number of likely N-dealkylation sites (tertiary alicyclic amines) is 1. The Hall–Kier alpha value is -1.33. The molecule has 1 aliphatic rings. The second kappa shape index (κ2) is 7.49. The van der Waals surface area contributed by atoms with Gasteiger partial charge in [-0.05, 0) is 57.4 Å². The maximum Gasteiger partial charge on any atom is 0.410 e. The van der Waals surface area contributed by atoms with E-state index in [1.165, 1.54) is 12.1 Å². The molecule has 2 rings (SSSR count). The maximum absolute atomic E-state index is 13.3. The number of rotatable bonds is 3. The van der Waals surface area contributed by atoms with Crippen molar-refractivity contribution in [2.45, 2.75) is 51.8 Å². The average molecular weight is 343 g/mol. The first kappa shape index (κ1) is 18.0. The van der Waals surface area contributed by atoms with Gasteiger partial charge in [0.2, 0.25) is 0 Å². The van der Waals surface area contributed by atoms with Gasteiger partial charge in [0.05, 0.1) is 0 Å². The molecule has 1 N–H and O–H groups in total. The quantitative estimate of drug-likeness (QED) is 0.903. The van der Waals surface area contributed by atoms with Crippen LogP contribution in [0.4, 0.5) is 9.18 Å². The van der Waals surface area contributed by atoms with Crippen molar-refractivity contribution in [2.24, 2.45) is 0 Å². The highest BCUT2D eigenvalue weighted by Gasteiger charge is 2.27. The summed E-state index contributed by atoms with van der Waals surface area (Å²) in [6.07, 6.45) is 1.61. The monoisotopic (exact) mass is 342 g/mol. The van der Waals surface area contributed by atoms with Crippen LogP contribution in [0, 0.1) is 5.82 Å². The summed E-state index contributed by atoms with van der Waals surface area (Å²) in [6.45, 7) is 7.40. The zero-order valence-corrected chi connectivity index (χ0v) is 14.6. The molecule has 4 nitrogen and oxygen atoms in total. The number of nitrogens with one attached hydrogen (secondary N) is 1. The molecule has 1 aromatic rings. The molecule has 6 heteroatoms. The van der Waals surface area contributed by atoms with E-state index in [9.17, 15) is 9.18 Å². The van der Waals surface area contributed by atoms with E-state index < -0.39 is 5.60 Å². The Morgan fingerprint density at radius 2 is 2.17 bits per heavy atom. The number of ether oxygens (including phenoxy) is 1. The van der Waals surface area contributed by atoms with E-state index >= 15 is 0 Å². The van der Waals surface area contributed by atoms with Gasteiger partial charge in [0, 0.05) is 30.7 Å². The first-order valence-electron chi connectivity index (χ1n) is 7.89. The molecule has 23 heavy (non-hydrogen) atoms. The maximum atomic E-state index is 13.3. The van der Waals surface area contributed by atoms with E-state index in [2.05, 4.69) is 5.32 Å². The van der Waals surface area contributed by atoms with E-state index in [1.54, 1.807) is 11.0 Å². The third kappa shape index (κ3) is 5.99. The average Bonchev–Trinajstić information content (AvgIpc) is 2.43. The minimum absolute atomic E-state index is 0.165. The highest BCUT2D eigenvalue weighted by atomic mass is 35.5. The Bertz CT molecular complexity index is 540. The van der Waals surface area contributed by atoms with Crippen LogP contribution in [0.15, 0.2) is 18.2 Å². The van der Waals surface area contributed by atoms with Gasteiger partial charge < -0.3 is 15.0 Å². The van der Waals surface area contributed by atoms with E-state index in [0.29, 0.717) is 24.7 Å². The lowest BCUT2D eigenvalue weighted by Crippen LogP contribution is -2.49. The number of hydrogen-bond acceptors (Lipinski definition) is 3. The largest absolute Gasteiger partial charge is 0.444 e. The number of halogens is 2. The fourth-order valence-electron chi connectivity index (χ4n) is 2.61. The third-order valence-corrected chi connectivity index (χ3v) is 3.81. The third-order valence-electron chi connectivity index (χ3n) is 3.59. The van der Waals surface area contributed by atoms with Crippen LogP contribution in [0.2, 0.25) is 5.02 Å². The summed E-state index contributed by atoms with van der Waals surface area (Å²) in [7, 11) is 0. The zero-order valence-electron chi connectivity index (χ0n) is 13.9. The standard InChI is InChI=1S/C17H24ClFN2O2/c1-17(2,3)23-16(22)21-6-4-5-15(11-21)20-10-12-7-13(18)9-14(19)8-12/h7-9,15,20H,4-6,10-11H2,1-3H3. The summed E-state index contributed by atoms with van der Waals surface area (Å²) in [5.41, 5.74) is 0.305. The number of amides is 1. The van der Waals surface area contributed by atoms with Gasteiger partial charge >= 0.3 is 6.09 Å². The topological polar surface area (TPSA) is 41.6 Å². The smallest absolute Gasteiger partial charge is 0.410 e. The Kier molecular flexibility index (Phi) is 5.87. The molecule has 1 unspecified atom stereocenters. The summed E-state index contributed by atoms with van der Waals surface area (Å²) in [6, 6.07) is 4.66. The first-order valence-corrected chi connectivity index (χ1v) is 8.27. The van der Waals surface area contributed by atoms with E-state index in [0.717, 1.165) is 18.4 Å². The van der Waals surface area contributed by atoms with Crippen molar-refractivity contribution in [2.75, 3.05) is 13.1 Å². The zero-order chi connectivity index (χ0) is 17.0. The fourth-order valence-corrected chi connectivity index (χ4v) is 2.86. The molecule has 1 amide bonds. The van der Waals surface area contributed by atoms with Crippen molar-refractivity contribution >= 4 is 17.7 Å². The Morgan fingerprint density at radius 3 is 2.83 bits per heavy atom. The highest BCUT2D eigenvalue weighted by molar-refractivity contribution is 6.30. The number of piperidine rings is 1. The number of hydrogen-bond donors (Lipinski definition) is 1. The van der Waals surface area contributed by atoms with E-state index in [4.69, 9.17) is 16.3 Å². The minimum Gasteiger partial charge on any atom is -0.444 e. The van der Waals surface area contributed by atoms with Crippen LogP contribution in [0.1, 0.15) is 39.2 Å². The van der Waals surface area contributed by atoms with Crippen LogP contribution in [0.3, 0.4) is 0 Å². The van der Waals surface area contributed by atoms with Crippen molar-refractivity contribution < 1.29 is 13.9 Å². The summed E-state index contributed by atoms with van der Waals surface area (Å²) >= 11 is 5.86. The molecule has 0 aromatic heterocycles. The molecule has 1 aliphatic heterocycles. The molecule has 0 spiro atoms. The van der Waals surface area contributed by atoms with Crippen molar-refractivity contribution in [3.05, 3.63) is 34.6 Å². The van der Waals surface area contributed by atoms with Gasteiger partial charge in [0.25, 0.3) is 0 Å². The van der Waals surface area contributed by atoms with Crippen LogP contribution in [-0.2, 0) is 11.3 Å². The Morgan fingerprint density at radius 1 is 1.43 bits per heavy atom. The van der Waals surface area contributed by atoms with Crippen molar-refractivity contribution in [3.8, 4) is 0 Å². The molecular formula is C17H24ClFN2O2. The Labute approximate surface area is 141 Å². The van der Waals surface area contributed by atoms with Gasteiger partial charge in [0.1, 0.15) is 11.4 Å². The second-order valence-corrected chi connectivity index (χ2v) is 7.36. The molecule has 128 valence electrons. The van der Waals surface area contributed by atoms with Crippen molar-refractivity contribution in [3.63, 3.8) is 0 Å². The lowest BCUT2D eigenvalue weighted by atomic mass is 10.1. The van der Waals surface area contributed by atoms with Gasteiger partial charge in [-0.25, -0.2) is 9.18 Å². The molecule has 0 radical (unpaired) electrons. The molecule has 1 heterocycles. The van der Waals surface area contributed by atoms with Gasteiger partial charge in [-0.3, -0.25) is 0 Å². The molecule has 0 saturated carbocycles. The second-order valence-electron chi connectivity index (χ2n) is 6.92.